The van der Waals surface area contributed by atoms with Crippen molar-refractivity contribution in [2.75, 3.05) is 11.9 Å². The van der Waals surface area contributed by atoms with Crippen LogP contribution < -0.4 is 10.1 Å². The molecule has 7 nitrogen and oxygen atoms in total. The predicted octanol–water partition coefficient (Wildman–Crippen LogP) is 3.19. The highest BCUT2D eigenvalue weighted by molar-refractivity contribution is 6.35. The summed E-state index contributed by atoms with van der Waals surface area (Å²) in [5.74, 6) is 0.852. The number of carbonyl (C=O) groups excluding carboxylic acids is 1. The highest BCUT2D eigenvalue weighted by Crippen LogP contribution is 2.33. The number of anilines is 1. The van der Waals surface area contributed by atoms with Crippen molar-refractivity contribution in [1.29, 1.82) is 0 Å². The maximum atomic E-state index is 12.7. The Labute approximate surface area is 144 Å². The van der Waals surface area contributed by atoms with Crippen LogP contribution in [-0.2, 0) is 6.54 Å². The zero-order chi connectivity index (χ0) is 16.7. The quantitative estimate of drug-likeness (QED) is 0.923. The molecule has 0 aromatic carbocycles. The monoisotopic (exact) mass is 349 g/mol. The Morgan fingerprint density at radius 3 is 2.88 bits per heavy atom. The minimum atomic E-state index is -0.329. The zero-order valence-electron chi connectivity index (χ0n) is 13.6. The average Bonchev–Trinajstić information content (AvgIpc) is 3.27. The fourth-order valence-corrected chi connectivity index (χ4v) is 3.73. The van der Waals surface area contributed by atoms with E-state index in [1.165, 1.54) is 12.8 Å². The van der Waals surface area contributed by atoms with E-state index in [-0.39, 0.29) is 16.6 Å². The SMILES string of the molecule is Cc1cc(NC(=O)c2nn3c(c2Cl)OCCC3)n(C2CCCC2)n1. The average molecular weight is 350 g/mol. The Morgan fingerprint density at radius 1 is 1.33 bits per heavy atom. The summed E-state index contributed by atoms with van der Waals surface area (Å²) in [6.45, 7) is 3.23. The molecule has 1 N–H and O–H groups in total. The first-order valence-electron chi connectivity index (χ1n) is 8.40. The Bertz CT molecular complexity index is 776. The van der Waals surface area contributed by atoms with E-state index in [2.05, 4.69) is 15.5 Å². The van der Waals surface area contributed by atoms with E-state index < -0.39 is 0 Å². The molecule has 0 atom stereocenters. The standard InChI is InChI=1S/C16H20ClN5O2/c1-10-9-12(22(19-10)11-5-2-3-6-11)18-15(23)14-13(17)16-21(20-14)7-4-8-24-16/h9,11H,2-8H2,1H3,(H,18,23). The van der Waals surface area contributed by atoms with Crippen LogP contribution in [0.2, 0.25) is 5.02 Å². The molecule has 1 amide bonds. The van der Waals surface area contributed by atoms with E-state index in [1.807, 2.05) is 17.7 Å². The minimum absolute atomic E-state index is 0.199. The van der Waals surface area contributed by atoms with Gasteiger partial charge in [-0.15, -0.1) is 0 Å². The lowest BCUT2D eigenvalue weighted by Crippen LogP contribution is -2.19. The smallest absolute Gasteiger partial charge is 0.279 e. The number of nitrogens with zero attached hydrogens (tertiary/aromatic N) is 4. The van der Waals surface area contributed by atoms with Gasteiger partial charge in [-0.05, 0) is 19.8 Å². The van der Waals surface area contributed by atoms with Gasteiger partial charge in [0.15, 0.2) is 5.69 Å². The lowest BCUT2D eigenvalue weighted by Gasteiger charge is -2.14. The van der Waals surface area contributed by atoms with Gasteiger partial charge in [-0.25, -0.2) is 9.36 Å². The van der Waals surface area contributed by atoms with Crippen molar-refractivity contribution in [3.63, 3.8) is 0 Å². The number of halogens is 1. The van der Waals surface area contributed by atoms with Crippen LogP contribution in [0, 0.1) is 6.92 Å². The molecule has 2 aromatic rings. The maximum Gasteiger partial charge on any atom is 0.279 e. The summed E-state index contributed by atoms with van der Waals surface area (Å²) in [7, 11) is 0. The van der Waals surface area contributed by atoms with Crippen molar-refractivity contribution in [1.82, 2.24) is 19.6 Å². The number of nitrogens with one attached hydrogen (secondary N) is 1. The van der Waals surface area contributed by atoms with Crippen LogP contribution in [0.5, 0.6) is 5.88 Å². The molecule has 0 unspecified atom stereocenters. The molecule has 1 aliphatic carbocycles. The summed E-state index contributed by atoms with van der Waals surface area (Å²) >= 11 is 6.28. The van der Waals surface area contributed by atoms with Crippen LogP contribution in [0.15, 0.2) is 6.07 Å². The van der Waals surface area contributed by atoms with Gasteiger partial charge in [0.25, 0.3) is 5.91 Å². The highest BCUT2D eigenvalue weighted by Gasteiger charge is 2.27. The van der Waals surface area contributed by atoms with E-state index in [4.69, 9.17) is 16.3 Å². The van der Waals surface area contributed by atoms with E-state index in [0.717, 1.165) is 25.0 Å². The van der Waals surface area contributed by atoms with Gasteiger partial charge in [0.05, 0.1) is 18.3 Å². The largest absolute Gasteiger partial charge is 0.477 e. The second kappa shape index (κ2) is 6.12. The summed E-state index contributed by atoms with van der Waals surface area (Å²) in [5.41, 5.74) is 1.08. The van der Waals surface area contributed by atoms with Gasteiger partial charge in [-0.3, -0.25) is 4.79 Å². The molecule has 2 aliphatic rings. The summed E-state index contributed by atoms with van der Waals surface area (Å²) in [4.78, 5) is 12.7. The molecule has 0 bridgehead atoms. The van der Waals surface area contributed by atoms with Crippen LogP contribution in [0.1, 0.15) is 54.3 Å². The lowest BCUT2D eigenvalue weighted by molar-refractivity contribution is 0.102. The number of rotatable bonds is 3. The number of aryl methyl sites for hydroxylation is 2. The molecule has 2 aromatic heterocycles. The Kier molecular flexibility index (Phi) is 3.96. The summed E-state index contributed by atoms with van der Waals surface area (Å²) in [5, 5.41) is 12.0. The molecule has 24 heavy (non-hydrogen) atoms. The van der Waals surface area contributed by atoms with Gasteiger partial charge in [0, 0.05) is 19.0 Å². The molecule has 128 valence electrons. The molecule has 0 saturated heterocycles. The van der Waals surface area contributed by atoms with E-state index in [9.17, 15) is 4.79 Å². The summed E-state index contributed by atoms with van der Waals surface area (Å²) in [6, 6.07) is 2.24. The van der Waals surface area contributed by atoms with Gasteiger partial charge in [0.2, 0.25) is 5.88 Å². The van der Waals surface area contributed by atoms with Crippen molar-refractivity contribution in [3.8, 4) is 5.88 Å². The molecular weight excluding hydrogens is 330 g/mol. The van der Waals surface area contributed by atoms with Crippen molar-refractivity contribution in [2.45, 2.75) is 51.6 Å². The molecule has 3 heterocycles. The van der Waals surface area contributed by atoms with Crippen molar-refractivity contribution in [3.05, 3.63) is 22.5 Å². The van der Waals surface area contributed by atoms with Gasteiger partial charge in [-0.1, -0.05) is 24.4 Å². The van der Waals surface area contributed by atoms with E-state index in [0.29, 0.717) is 30.9 Å². The van der Waals surface area contributed by atoms with Gasteiger partial charge < -0.3 is 10.1 Å². The van der Waals surface area contributed by atoms with Crippen LogP contribution in [0.4, 0.5) is 5.82 Å². The minimum Gasteiger partial charge on any atom is -0.477 e. The number of fused-ring (bicyclic) bond motifs is 1. The van der Waals surface area contributed by atoms with Crippen LogP contribution in [0.25, 0.3) is 0 Å². The molecule has 1 fully saturated rings. The number of aromatic nitrogens is 4. The van der Waals surface area contributed by atoms with Gasteiger partial charge in [-0.2, -0.15) is 10.2 Å². The number of amides is 1. The zero-order valence-corrected chi connectivity index (χ0v) is 14.3. The maximum absolute atomic E-state index is 12.7. The summed E-state index contributed by atoms with van der Waals surface area (Å²) < 4.78 is 9.10. The Hall–Kier alpha value is -2.02. The normalized spacial score (nSPS) is 17.6. The van der Waals surface area contributed by atoms with E-state index in [1.54, 1.807) is 4.68 Å². The molecule has 1 aliphatic heterocycles. The molecule has 4 rings (SSSR count). The number of hydrogen-bond acceptors (Lipinski definition) is 4. The molecule has 0 spiro atoms. The molecular formula is C16H20ClN5O2. The van der Waals surface area contributed by atoms with Crippen LogP contribution >= 0.6 is 11.6 Å². The fraction of sp³-hybridized carbons (Fsp3) is 0.562. The molecule has 8 heteroatoms. The molecule has 0 radical (unpaired) electrons. The Morgan fingerprint density at radius 2 is 2.12 bits per heavy atom. The first kappa shape index (κ1) is 15.5. The van der Waals surface area contributed by atoms with Crippen molar-refractivity contribution >= 4 is 23.3 Å². The third-order valence-electron chi connectivity index (χ3n) is 4.59. The number of carbonyl (C=O) groups is 1. The number of ether oxygens (including phenoxy) is 1. The van der Waals surface area contributed by atoms with Gasteiger partial charge >= 0.3 is 0 Å². The van der Waals surface area contributed by atoms with Gasteiger partial charge in [0.1, 0.15) is 10.8 Å². The Balaban J connectivity index is 1.60. The van der Waals surface area contributed by atoms with Crippen LogP contribution in [0.3, 0.4) is 0 Å². The van der Waals surface area contributed by atoms with E-state index >= 15 is 0 Å². The number of hydrogen-bond donors (Lipinski definition) is 1. The van der Waals surface area contributed by atoms with Crippen LogP contribution in [-0.4, -0.2) is 32.1 Å². The second-order valence-corrected chi connectivity index (χ2v) is 6.78. The van der Waals surface area contributed by atoms with Crippen molar-refractivity contribution in [2.24, 2.45) is 0 Å². The third-order valence-corrected chi connectivity index (χ3v) is 4.93. The topological polar surface area (TPSA) is 74.0 Å². The first-order valence-corrected chi connectivity index (χ1v) is 8.78. The highest BCUT2D eigenvalue weighted by atomic mass is 35.5. The lowest BCUT2D eigenvalue weighted by atomic mass is 10.2. The predicted molar refractivity (Wildman–Crippen MR) is 89.8 cm³/mol. The summed E-state index contributed by atoms with van der Waals surface area (Å²) in [6.07, 6.45) is 5.45. The first-order chi connectivity index (χ1) is 11.6. The molecule has 1 saturated carbocycles. The second-order valence-electron chi connectivity index (χ2n) is 6.40. The fourth-order valence-electron chi connectivity index (χ4n) is 3.46. The van der Waals surface area contributed by atoms with Crippen molar-refractivity contribution < 1.29 is 9.53 Å². The third kappa shape index (κ3) is 2.66.